The van der Waals surface area contributed by atoms with Crippen molar-refractivity contribution in [1.29, 1.82) is 0 Å². The monoisotopic (exact) mass is 447 g/mol. The average molecular weight is 447 g/mol. The summed E-state index contributed by atoms with van der Waals surface area (Å²) in [4.78, 5) is 16.1. The van der Waals surface area contributed by atoms with Crippen LogP contribution >= 0.6 is 0 Å². The Morgan fingerprint density at radius 3 is 2.77 bits per heavy atom. The van der Waals surface area contributed by atoms with E-state index in [2.05, 4.69) is 15.6 Å². The minimum Gasteiger partial charge on any atom is -0.431 e. The first-order valence-electron chi connectivity index (χ1n) is 8.99. The summed E-state index contributed by atoms with van der Waals surface area (Å²) >= 11 is 0. The highest BCUT2D eigenvalue weighted by Crippen LogP contribution is 2.32. The van der Waals surface area contributed by atoms with E-state index >= 15 is 0 Å². The second kappa shape index (κ2) is 8.62. The van der Waals surface area contributed by atoms with Crippen molar-refractivity contribution in [2.75, 3.05) is 31.5 Å². The first-order chi connectivity index (χ1) is 14.1. The fourth-order valence-corrected chi connectivity index (χ4v) is 3.95. The Labute approximate surface area is 170 Å². The van der Waals surface area contributed by atoms with Gasteiger partial charge in [0.25, 0.3) is 11.9 Å². The van der Waals surface area contributed by atoms with Crippen LogP contribution in [-0.2, 0) is 16.4 Å². The van der Waals surface area contributed by atoms with E-state index in [1.807, 2.05) is 4.72 Å². The number of carbonyl (C=O) groups excluding carboxylic acids is 1. The Morgan fingerprint density at radius 2 is 2.03 bits per heavy atom. The fraction of sp³-hybridized carbons (Fsp3) is 0.412. The average Bonchev–Trinajstić information content (AvgIpc) is 2.94. The van der Waals surface area contributed by atoms with Crippen LogP contribution in [0.3, 0.4) is 0 Å². The third kappa shape index (κ3) is 5.29. The van der Waals surface area contributed by atoms with E-state index in [4.69, 9.17) is 4.42 Å². The highest BCUT2D eigenvalue weighted by molar-refractivity contribution is 7.87. The van der Waals surface area contributed by atoms with Gasteiger partial charge in [0, 0.05) is 25.3 Å². The smallest absolute Gasteiger partial charge is 0.416 e. The van der Waals surface area contributed by atoms with Crippen molar-refractivity contribution < 1.29 is 30.8 Å². The van der Waals surface area contributed by atoms with Gasteiger partial charge < -0.3 is 15.1 Å². The lowest BCUT2D eigenvalue weighted by atomic mass is 10.1. The molecular formula is C17H20F3N5O4S. The molecule has 13 heteroatoms. The number of rotatable bonds is 5. The number of alkyl halides is 3. The third-order valence-electron chi connectivity index (χ3n) is 4.40. The van der Waals surface area contributed by atoms with Gasteiger partial charge in [0.1, 0.15) is 6.26 Å². The molecule has 0 aliphatic carbocycles. The Morgan fingerprint density at radius 1 is 1.27 bits per heavy atom. The minimum absolute atomic E-state index is 0.0864. The van der Waals surface area contributed by atoms with Crippen molar-refractivity contribution in [1.82, 2.24) is 19.3 Å². The lowest BCUT2D eigenvalue weighted by Crippen LogP contribution is -2.44. The Kier molecular flexibility index (Phi) is 6.33. The summed E-state index contributed by atoms with van der Waals surface area (Å²) in [6, 6.07) is 2.86. The van der Waals surface area contributed by atoms with Crippen molar-refractivity contribution in [3.05, 3.63) is 41.3 Å². The van der Waals surface area contributed by atoms with Crippen molar-refractivity contribution in [2.24, 2.45) is 0 Å². The van der Waals surface area contributed by atoms with Crippen molar-refractivity contribution >= 4 is 27.8 Å². The first kappa shape index (κ1) is 22.1. The Bertz CT molecular complexity index is 1010. The molecule has 0 spiro atoms. The summed E-state index contributed by atoms with van der Waals surface area (Å²) in [5, 5.41) is 5.62. The van der Waals surface area contributed by atoms with Gasteiger partial charge in [-0.1, -0.05) is 6.07 Å². The molecule has 0 unspecified atom stereocenters. The molecule has 1 fully saturated rings. The van der Waals surface area contributed by atoms with Crippen molar-refractivity contribution in [3.63, 3.8) is 0 Å². The minimum atomic E-state index is -4.52. The van der Waals surface area contributed by atoms with Crippen LogP contribution in [0.4, 0.5) is 24.9 Å². The highest BCUT2D eigenvalue weighted by atomic mass is 32.2. The van der Waals surface area contributed by atoms with Gasteiger partial charge in [0.2, 0.25) is 0 Å². The predicted molar refractivity (Wildman–Crippen MR) is 101 cm³/mol. The number of hydrogen-bond acceptors (Lipinski definition) is 7. The number of amides is 1. The van der Waals surface area contributed by atoms with E-state index in [-0.39, 0.29) is 30.5 Å². The van der Waals surface area contributed by atoms with Gasteiger partial charge in [-0.25, -0.2) is 4.72 Å². The van der Waals surface area contributed by atoms with Crippen LogP contribution in [0.15, 0.2) is 28.9 Å². The number of aromatic nitrogens is 1. The van der Waals surface area contributed by atoms with E-state index in [1.165, 1.54) is 6.07 Å². The van der Waals surface area contributed by atoms with Gasteiger partial charge in [-0.15, -0.1) is 0 Å². The molecular weight excluding hydrogens is 427 g/mol. The van der Waals surface area contributed by atoms with Crippen LogP contribution in [0.25, 0.3) is 0 Å². The SMILES string of the molecule is Cc1ccc(C(F)(F)F)cc1Nc1nc(C(=O)NS(=O)(=O)N2CCCNCC2)co1. The molecule has 0 radical (unpaired) electrons. The van der Waals surface area contributed by atoms with E-state index in [0.29, 0.717) is 25.1 Å². The molecule has 3 N–H and O–H groups in total. The number of nitrogens with one attached hydrogen (secondary N) is 3. The molecule has 2 heterocycles. The van der Waals surface area contributed by atoms with Gasteiger partial charge in [0.15, 0.2) is 5.69 Å². The topological polar surface area (TPSA) is 117 Å². The van der Waals surface area contributed by atoms with E-state index in [0.717, 1.165) is 22.7 Å². The molecule has 0 bridgehead atoms. The molecule has 0 atom stereocenters. The van der Waals surface area contributed by atoms with Gasteiger partial charge in [-0.3, -0.25) is 4.79 Å². The molecule has 30 heavy (non-hydrogen) atoms. The molecule has 1 saturated heterocycles. The molecule has 9 nitrogen and oxygen atoms in total. The lowest BCUT2D eigenvalue weighted by molar-refractivity contribution is -0.137. The summed E-state index contributed by atoms with van der Waals surface area (Å²) in [6.45, 7) is 3.19. The summed E-state index contributed by atoms with van der Waals surface area (Å²) in [5.41, 5.74) is -0.621. The number of hydrogen-bond donors (Lipinski definition) is 3. The van der Waals surface area contributed by atoms with E-state index < -0.39 is 27.9 Å². The zero-order chi connectivity index (χ0) is 21.9. The Hall–Kier alpha value is -2.64. The van der Waals surface area contributed by atoms with E-state index in [9.17, 15) is 26.4 Å². The van der Waals surface area contributed by atoms with Crippen LogP contribution < -0.4 is 15.4 Å². The molecule has 1 aromatic heterocycles. The van der Waals surface area contributed by atoms with Crippen LogP contribution in [-0.4, -0.2) is 49.8 Å². The zero-order valence-corrected chi connectivity index (χ0v) is 16.7. The van der Waals surface area contributed by atoms with Crippen LogP contribution in [0.5, 0.6) is 0 Å². The first-order valence-corrected chi connectivity index (χ1v) is 10.4. The van der Waals surface area contributed by atoms with Crippen molar-refractivity contribution in [2.45, 2.75) is 19.5 Å². The number of carbonyl (C=O) groups is 1. The quantitative estimate of drug-likeness (QED) is 0.642. The summed E-state index contributed by atoms with van der Waals surface area (Å²) < 4.78 is 71.6. The van der Waals surface area contributed by atoms with Gasteiger partial charge in [-0.05, 0) is 37.6 Å². The van der Waals surface area contributed by atoms with Crippen LogP contribution in [0, 0.1) is 6.92 Å². The molecule has 1 aliphatic heterocycles. The summed E-state index contributed by atoms with van der Waals surface area (Å²) in [6.07, 6.45) is -3.01. The zero-order valence-electron chi connectivity index (χ0n) is 15.9. The van der Waals surface area contributed by atoms with Crippen LogP contribution in [0.2, 0.25) is 0 Å². The second-order valence-corrected chi connectivity index (χ2v) is 8.30. The standard InChI is InChI=1S/C17H20F3N5O4S/c1-11-3-4-12(17(18,19)20)9-13(11)22-16-23-14(10-29-16)15(26)24-30(27,28)25-7-2-5-21-6-8-25/h3-4,9-10,21H,2,5-8H2,1H3,(H,22,23)(H,24,26). The van der Waals surface area contributed by atoms with Crippen LogP contribution in [0.1, 0.15) is 28.0 Å². The van der Waals surface area contributed by atoms with E-state index in [1.54, 1.807) is 6.92 Å². The summed E-state index contributed by atoms with van der Waals surface area (Å²) in [7, 11) is -4.07. The molecule has 3 rings (SSSR count). The summed E-state index contributed by atoms with van der Waals surface area (Å²) in [5.74, 6) is -1.01. The number of anilines is 2. The fourth-order valence-electron chi connectivity index (χ4n) is 2.78. The third-order valence-corrected chi connectivity index (χ3v) is 5.89. The number of nitrogens with zero attached hydrogens (tertiary/aromatic N) is 2. The molecule has 2 aromatic rings. The largest absolute Gasteiger partial charge is 0.431 e. The molecule has 1 aromatic carbocycles. The highest BCUT2D eigenvalue weighted by Gasteiger charge is 2.31. The molecule has 164 valence electrons. The van der Waals surface area contributed by atoms with Gasteiger partial charge in [-0.2, -0.15) is 30.9 Å². The maximum absolute atomic E-state index is 12.9. The molecule has 0 saturated carbocycles. The number of aryl methyl sites for hydroxylation is 1. The molecule has 1 aliphatic rings. The number of oxazole rings is 1. The maximum atomic E-state index is 12.9. The van der Waals surface area contributed by atoms with Gasteiger partial charge in [0.05, 0.1) is 5.56 Å². The number of halogens is 3. The maximum Gasteiger partial charge on any atom is 0.416 e. The second-order valence-electron chi connectivity index (χ2n) is 6.63. The Balaban J connectivity index is 1.71. The van der Waals surface area contributed by atoms with Crippen molar-refractivity contribution in [3.8, 4) is 0 Å². The predicted octanol–water partition coefficient (Wildman–Crippen LogP) is 2.02. The normalized spacial score (nSPS) is 16.1. The van der Waals surface area contributed by atoms with Gasteiger partial charge >= 0.3 is 16.4 Å². The lowest BCUT2D eigenvalue weighted by Gasteiger charge is -2.19. The number of benzene rings is 1. The molecule has 1 amide bonds.